The fraction of sp³-hybridized carbons (Fsp3) is 0.267. The predicted octanol–water partition coefficient (Wildman–Crippen LogP) is 1.01. The van der Waals surface area contributed by atoms with Crippen LogP contribution in [0.1, 0.15) is 20.7 Å². The number of carbonyl (C=O) groups is 2. The van der Waals surface area contributed by atoms with Crippen LogP contribution in [0.5, 0.6) is 0 Å². The quantitative estimate of drug-likeness (QED) is 0.764. The third-order valence-electron chi connectivity index (χ3n) is 3.84. The van der Waals surface area contributed by atoms with E-state index in [0.29, 0.717) is 24.6 Å². The van der Waals surface area contributed by atoms with Crippen LogP contribution in [0.2, 0.25) is 0 Å². The van der Waals surface area contributed by atoms with E-state index in [4.69, 9.17) is 5.11 Å². The summed E-state index contributed by atoms with van der Waals surface area (Å²) in [7, 11) is -3.86. The van der Waals surface area contributed by atoms with Gasteiger partial charge >= 0.3 is 11.9 Å². The molecule has 0 atom stereocenters. The average Bonchev–Trinajstić information content (AvgIpc) is 3.12. The lowest BCUT2D eigenvalue weighted by Gasteiger charge is -2.26. The Morgan fingerprint density at radius 3 is 2.27 bits per heavy atom. The van der Waals surface area contributed by atoms with Gasteiger partial charge in [0.25, 0.3) is 0 Å². The van der Waals surface area contributed by atoms with Crippen molar-refractivity contribution in [1.29, 1.82) is 0 Å². The number of nitrogens with zero attached hydrogens (tertiary/aromatic N) is 3. The first-order chi connectivity index (χ1) is 12.3. The normalized spacial score (nSPS) is 15.7. The second-order valence-corrected chi connectivity index (χ2v) is 8.68. The molecule has 11 heteroatoms. The summed E-state index contributed by atoms with van der Waals surface area (Å²) < 4.78 is 28.2. The van der Waals surface area contributed by atoms with Crippen LogP contribution in [0.25, 0.3) is 5.69 Å². The molecule has 26 heavy (non-hydrogen) atoms. The maximum absolute atomic E-state index is 12.9. The molecular formula is C15H15N3O6S2. The number of aromatic carboxylic acids is 2. The lowest BCUT2D eigenvalue weighted by molar-refractivity contribution is 0.0685. The fourth-order valence-corrected chi connectivity index (χ4v) is 5.14. The van der Waals surface area contributed by atoms with Gasteiger partial charge in [-0.05, 0) is 18.2 Å². The molecule has 1 aromatic heterocycles. The van der Waals surface area contributed by atoms with Gasteiger partial charge in [0, 0.05) is 30.8 Å². The van der Waals surface area contributed by atoms with Gasteiger partial charge in [-0.2, -0.15) is 21.2 Å². The van der Waals surface area contributed by atoms with Crippen LogP contribution in [-0.2, 0) is 10.0 Å². The summed E-state index contributed by atoms with van der Waals surface area (Å²) in [6.07, 6.45) is 2.29. The number of rotatable bonds is 5. The van der Waals surface area contributed by atoms with E-state index in [2.05, 4.69) is 5.10 Å². The summed E-state index contributed by atoms with van der Waals surface area (Å²) in [5.74, 6) is -1.13. The molecule has 2 aromatic rings. The van der Waals surface area contributed by atoms with E-state index >= 15 is 0 Å². The molecule has 0 amide bonds. The zero-order valence-electron chi connectivity index (χ0n) is 13.4. The van der Waals surface area contributed by atoms with E-state index in [0.717, 1.165) is 16.9 Å². The molecule has 0 aliphatic carbocycles. The second kappa shape index (κ2) is 7.09. The maximum atomic E-state index is 12.9. The molecule has 0 spiro atoms. The molecule has 138 valence electrons. The number of hydrogen-bond donors (Lipinski definition) is 2. The van der Waals surface area contributed by atoms with Crippen LogP contribution in [0.3, 0.4) is 0 Å². The van der Waals surface area contributed by atoms with Crippen molar-refractivity contribution in [3.63, 3.8) is 0 Å². The molecule has 1 aromatic carbocycles. The zero-order chi connectivity index (χ0) is 18.9. The van der Waals surface area contributed by atoms with E-state index in [9.17, 15) is 23.1 Å². The Kier molecular flexibility index (Phi) is 5.03. The van der Waals surface area contributed by atoms with Gasteiger partial charge in [0.2, 0.25) is 10.0 Å². The summed E-state index contributed by atoms with van der Waals surface area (Å²) in [5, 5.41) is 22.2. The second-order valence-electron chi connectivity index (χ2n) is 5.52. The highest BCUT2D eigenvalue weighted by molar-refractivity contribution is 7.99. The van der Waals surface area contributed by atoms with Crippen molar-refractivity contribution in [2.24, 2.45) is 0 Å². The molecule has 1 aliphatic rings. The molecule has 1 aliphatic heterocycles. The molecule has 0 bridgehead atoms. The van der Waals surface area contributed by atoms with Crippen molar-refractivity contribution >= 4 is 33.7 Å². The number of carboxylic acid groups (broad SMARTS) is 2. The van der Waals surface area contributed by atoms with E-state index in [-0.39, 0.29) is 21.7 Å². The lowest BCUT2D eigenvalue weighted by atomic mass is 10.2. The van der Waals surface area contributed by atoms with Gasteiger partial charge in [0.15, 0.2) is 0 Å². The molecule has 2 N–H and O–H groups in total. The van der Waals surface area contributed by atoms with Gasteiger partial charge in [-0.3, -0.25) is 0 Å². The van der Waals surface area contributed by atoms with Gasteiger partial charge < -0.3 is 10.2 Å². The number of thioether (sulfide) groups is 1. The van der Waals surface area contributed by atoms with Gasteiger partial charge in [0.1, 0.15) is 0 Å². The minimum absolute atomic E-state index is 0.0943. The monoisotopic (exact) mass is 397 g/mol. The summed E-state index contributed by atoms with van der Waals surface area (Å²) in [6, 6.07) is 3.64. The number of carboxylic acids is 2. The molecule has 1 saturated heterocycles. The summed E-state index contributed by atoms with van der Waals surface area (Å²) >= 11 is 1.65. The number of hydrogen-bond acceptors (Lipinski definition) is 6. The van der Waals surface area contributed by atoms with Crippen LogP contribution in [-0.4, -0.2) is 69.3 Å². The third kappa shape index (κ3) is 3.59. The molecule has 3 rings (SSSR count). The van der Waals surface area contributed by atoms with Gasteiger partial charge in [-0.15, -0.1) is 0 Å². The van der Waals surface area contributed by atoms with Crippen LogP contribution in [0.4, 0.5) is 0 Å². The molecule has 0 saturated carbocycles. The lowest BCUT2D eigenvalue weighted by Crippen LogP contribution is -2.38. The highest BCUT2D eigenvalue weighted by Crippen LogP contribution is 2.24. The third-order valence-corrected chi connectivity index (χ3v) is 6.66. The molecule has 0 radical (unpaired) electrons. The Labute approximate surface area is 153 Å². The first kappa shape index (κ1) is 18.4. The summed E-state index contributed by atoms with van der Waals surface area (Å²) in [4.78, 5) is 22.3. The SMILES string of the molecule is O=C(O)c1cc(-n2cc(C(=O)O)cn2)cc(S(=O)(=O)N2CCSCC2)c1. The van der Waals surface area contributed by atoms with Crippen molar-refractivity contribution in [3.05, 3.63) is 41.7 Å². The fourth-order valence-electron chi connectivity index (χ4n) is 2.50. The average molecular weight is 397 g/mol. The van der Waals surface area contributed by atoms with Crippen LogP contribution >= 0.6 is 11.8 Å². The summed E-state index contributed by atoms with van der Waals surface area (Å²) in [6.45, 7) is 0.704. The van der Waals surface area contributed by atoms with E-state index < -0.39 is 22.0 Å². The van der Waals surface area contributed by atoms with E-state index in [1.807, 2.05) is 0 Å². The Balaban J connectivity index is 2.09. The standard InChI is InChI=1S/C15H15N3O6S2/c19-14(20)10-5-12(18-9-11(8-16-18)15(21)22)7-13(6-10)26(23,24)17-1-3-25-4-2-17/h5-9H,1-4H2,(H,19,20)(H,21,22). The summed E-state index contributed by atoms with van der Waals surface area (Å²) in [5.41, 5.74) is -0.162. The Bertz CT molecular complexity index is 964. The highest BCUT2D eigenvalue weighted by Gasteiger charge is 2.27. The van der Waals surface area contributed by atoms with Crippen molar-refractivity contribution in [1.82, 2.24) is 14.1 Å². The van der Waals surface area contributed by atoms with Crippen molar-refractivity contribution in [2.45, 2.75) is 4.90 Å². The van der Waals surface area contributed by atoms with E-state index in [1.165, 1.54) is 22.6 Å². The van der Waals surface area contributed by atoms with Gasteiger partial charge in [-0.25, -0.2) is 22.7 Å². The van der Waals surface area contributed by atoms with Crippen LogP contribution in [0.15, 0.2) is 35.5 Å². The molecule has 0 unspecified atom stereocenters. The highest BCUT2D eigenvalue weighted by atomic mass is 32.2. The van der Waals surface area contributed by atoms with Gasteiger partial charge in [-0.1, -0.05) is 0 Å². The topological polar surface area (TPSA) is 130 Å². The van der Waals surface area contributed by atoms with E-state index in [1.54, 1.807) is 11.8 Å². The first-order valence-electron chi connectivity index (χ1n) is 7.53. The van der Waals surface area contributed by atoms with Crippen molar-refractivity contribution in [3.8, 4) is 5.69 Å². The smallest absolute Gasteiger partial charge is 0.338 e. The zero-order valence-corrected chi connectivity index (χ0v) is 15.0. The minimum atomic E-state index is -3.86. The number of sulfonamides is 1. The minimum Gasteiger partial charge on any atom is -0.478 e. The molecule has 2 heterocycles. The largest absolute Gasteiger partial charge is 0.478 e. The van der Waals surface area contributed by atoms with Crippen LogP contribution < -0.4 is 0 Å². The number of benzene rings is 1. The Morgan fingerprint density at radius 2 is 1.69 bits per heavy atom. The van der Waals surface area contributed by atoms with Gasteiger partial charge in [0.05, 0.1) is 27.9 Å². The Hall–Kier alpha value is -2.37. The molecule has 1 fully saturated rings. The van der Waals surface area contributed by atoms with Crippen molar-refractivity contribution < 1.29 is 28.2 Å². The Morgan fingerprint density at radius 1 is 1.04 bits per heavy atom. The number of aromatic nitrogens is 2. The molecular weight excluding hydrogens is 382 g/mol. The first-order valence-corrected chi connectivity index (χ1v) is 10.1. The maximum Gasteiger partial charge on any atom is 0.338 e. The predicted molar refractivity (Wildman–Crippen MR) is 93.6 cm³/mol. The van der Waals surface area contributed by atoms with Crippen LogP contribution in [0, 0.1) is 0 Å². The van der Waals surface area contributed by atoms with Crippen molar-refractivity contribution in [2.75, 3.05) is 24.6 Å². The molecule has 9 nitrogen and oxygen atoms in total.